The summed E-state index contributed by atoms with van der Waals surface area (Å²) in [5.41, 5.74) is 4.34. The highest BCUT2D eigenvalue weighted by atomic mass is 14.6. The van der Waals surface area contributed by atoms with Gasteiger partial charge >= 0.3 is 0 Å². The average Bonchev–Trinajstić information content (AvgIpc) is 2.63. The van der Waals surface area contributed by atoms with Gasteiger partial charge in [0, 0.05) is 0 Å². The molecule has 0 heteroatoms. The van der Waals surface area contributed by atoms with E-state index in [0.717, 1.165) is 0 Å². The lowest BCUT2D eigenvalue weighted by atomic mass is 9.42. The fourth-order valence-corrected chi connectivity index (χ4v) is 7.29. The van der Waals surface area contributed by atoms with Gasteiger partial charge in [0.05, 0.1) is 0 Å². The molecule has 0 aromatic rings. The Bertz CT molecular complexity index is 543. The van der Waals surface area contributed by atoms with Crippen molar-refractivity contribution in [1.82, 2.24) is 0 Å². The summed E-state index contributed by atoms with van der Waals surface area (Å²) in [6, 6.07) is 0. The first-order chi connectivity index (χ1) is 14.0. The number of fused-ring (bicyclic) bond motifs is 3. The normalized spacial score (nSPS) is 38.8. The average molecular weight is 447 g/mol. The molecule has 0 aliphatic heterocycles. The second-order valence-corrected chi connectivity index (χ2v) is 17.2. The monoisotopic (exact) mass is 446 g/mol. The van der Waals surface area contributed by atoms with E-state index in [1.807, 2.05) is 0 Å². The second-order valence-electron chi connectivity index (χ2n) is 17.2. The first-order valence-corrected chi connectivity index (χ1v) is 14.0. The molecule has 32 heavy (non-hydrogen) atoms. The molecule has 0 saturated heterocycles. The lowest BCUT2D eigenvalue weighted by Crippen LogP contribution is -2.52. The largest absolute Gasteiger partial charge is 0.0597 e. The van der Waals surface area contributed by atoms with Gasteiger partial charge in [-0.1, -0.05) is 96.9 Å². The molecular formula is C32H62. The molecule has 0 amide bonds. The zero-order valence-corrected chi connectivity index (χ0v) is 25.1. The molecule has 2 bridgehead atoms. The summed E-state index contributed by atoms with van der Waals surface area (Å²) in [6.45, 7) is 34.2. The van der Waals surface area contributed by atoms with Gasteiger partial charge in [0.1, 0.15) is 0 Å². The molecule has 4 saturated carbocycles. The van der Waals surface area contributed by atoms with Gasteiger partial charge in [0.2, 0.25) is 0 Å². The van der Waals surface area contributed by atoms with E-state index in [9.17, 15) is 0 Å². The van der Waals surface area contributed by atoms with Crippen LogP contribution in [-0.2, 0) is 0 Å². The molecule has 0 aromatic carbocycles. The summed E-state index contributed by atoms with van der Waals surface area (Å²) >= 11 is 0. The van der Waals surface area contributed by atoms with Crippen LogP contribution >= 0.6 is 0 Å². The van der Waals surface area contributed by atoms with E-state index < -0.39 is 0 Å². The maximum Gasteiger partial charge on any atom is -0.0248 e. The van der Waals surface area contributed by atoms with Crippen LogP contribution < -0.4 is 0 Å². The van der Waals surface area contributed by atoms with Crippen LogP contribution in [-0.4, -0.2) is 0 Å². The van der Waals surface area contributed by atoms with E-state index in [2.05, 4.69) is 96.9 Å². The maximum absolute atomic E-state index is 2.50. The highest BCUT2D eigenvalue weighted by molar-refractivity contribution is 5.07. The SMILES string of the molecule is CC(C)(C)C1(C)CCC(C)(C(C)(C)C)CC1.CC(C)(C)C12CCC(C(C)(C)C)(CC1)CC2. The van der Waals surface area contributed by atoms with Crippen LogP contribution in [0, 0.1) is 43.3 Å². The summed E-state index contributed by atoms with van der Waals surface area (Å²) in [5.74, 6) is 0. The third-order valence-corrected chi connectivity index (χ3v) is 12.5. The van der Waals surface area contributed by atoms with Crippen molar-refractivity contribution >= 4 is 0 Å². The molecule has 0 heterocycles. The van der Waals surface area contributed by atoms with Crippen molar-refractivity contribution in [2.24, 2.45) is 43.3 Å². The number of hydrogen-bond donors (Lipinski definition) is 0. The van der Waals surface area contributed by atoms with Gasteiger partial charge in [-0.3, -0.25) is 0 Å². The molecule has 0 spiro atoms. The van der Waals surface area contributed by atoms with E-state index in [4.69, 9.17) is 0 Å². The van der Waals surface area contributed by atoms with Gasteiger partial charge in [-0.05, 0) is 108 Å². The fraction of sp³-hybridized carbons (Fsp3) is 1.00. The molecule has 0 aromatic heterocycles. The highest BCUT2D eigenvalue weighted by Crippen LogP contribution is 2.67. The van der Waals surface area contributed by atoms with Gasteiger partial charge in [-0.15, -0.1) is 0 Å². The summed E-state index contributed by atoms with van der Waals surface area (Å²) in [5, 5.41) is 0. The van der Waals surface area contributed by atoms with Crippen molar-refractivity contribution in [1.29, 1.82) is 0 Å². The number of rotatable bonds is 0. The van der Waals surface area contributed by atoms with Gasteiger partial charge in [-0.2, -0.15) is 0 Å². The lowest BCUT2D eigenvalue weighted by molar-refractivity contribution is -0.120. The smallest absolute Gasteiger partial charge is 0.0248 e. The Hall–Kier alpha value is 0. The third kappa shape index (κ3) is 5.00. The van der Waals surface area contributed by atoms with Gasteiger partial charge in [0.15, 0.2) is 0 Å². The topological polar surface area (TPSA) is 0 Å². The van der Waals surface area contributed by atoms with Crippen molar-refractivity contribution < 1.29 is 0 Å². The summed E-state index contributed by atoms with van der Waals surface area (Å²) in [7, 11) is 0. The van der Waals surface area contributed by atoms with Gasteiger partial charge in [0.25, 0.3) is 0 Å². The molecule has 190 valence electrons. The minimum atomic E-state index is 0.451. The minimum absolute atomic E-state index is 0.451. The Morgan fingerprint density at radius 3 is 0.625 bits per heavy atom. The van der Waals surface area contributed by atoms with Crippen molar-refractivity contribution in [3.8, 4) is 0 Å². The third-order valence-electron chi connectivity index (χ3n) is 12.5. The van der Waals surface area contributed by atoms with Crippen molar-refractivity contribution in [3.63, 3.8) is 0 Å². The van der Waals surface area contributed by atoms with Gasteiger partial charge in [-0.25, -0.2) is 0 Å². The Labute approximate surface area is 204 Å². The van der Waals surface area contributed by atoms with Crippen molar-refractivity contribution in [3.05, 3.63) is 0 Å². The van der Waals surface area contributed by atoms with E-state index >= 15 is 0 Å². The molecule has 0 nitrogen and oxygen atoms in total. The molecular weight excluding hydrogens is 384 g/mol. The molecule has 4 aliphatic carbocycles. The van der Waals surface area contributed by atoms with Crippen LogP contribution in [0.25, 0.3) is 0 Å². The minimum Gasteiger partial charge on any atom is -0.0597 e. The van der Waals surface area contributed by atoms with Crippen LogP contribution in [0.1, 0.15) is 161 Å². The number of hydrogen-bond acceptors (Lipinski definition) is 0. The summed E-state index contributed by atoms with van der Waals surface area (Å²) in [4.78, 5) is 0. The highest BCUT2D eigenvalue weighted by Gasteiger charge is 2.56. The van der Waals surface area contributed by atoms with Gasteiger partial charge < -0.3 is 0 Å². The van der Waals surface area contributed by atoms with Crippen LogP contribution in [0.4, 0.5) is 0 Å². The molecule has 4 aliphatic rings. The quantitative estimate of drug-likeness (QED) is 0.347. The van der Waals surface area contributed by atoms with E-state index in [-0.39, 0.29) is 0 Å². The van der Waals surface area contributed by atoms with Crippen LogP contribution in [0.5, 0.6) is 0 Å². The van der Waals surface area contributed by atoms with E-state index in [1.165, 1.54) is 64.2 Å². The van der Waals surface area contributed by atoms with Crippen molar-refractivity contribution in [2.45, 2.75) is 161 Å². The zero-order valence-electron chi connectivity index (χ0n) is 25.1. The van der Waals surface area contributed by atoms with E-state index in [0.29, 0.717) is 43.3 Å². The molecule has 0 radical (unpaired) electrons. The summed E-state index contributed by atoms with van der Waals surface area (Å²) < 4.78 is 0. The molecule has 4 rings (SSSR count). The first kappa shape index (κ1) is 28.2. The molecule has 4 fully saturated rings. The Morgan fingerprint density at radius 2 is 0.500 bits per heavy atom. The van der Waals surface area contributed by atoms with Crippen LogP contribution in [0.2, 0.25) is 0 Å². The first-order valence-electron chi connectivity index (χ1n) is 14.0. The summed E-state index contributed by atoms with van der Waals surface area (Å²) in [6.07, 6.45) is 14.5. The van der Waals surface area contributed by atoms with Crippen LogP contribution in [0.15, 0.2) is 0 Å². The Balaban J connectivity index is 0.000000227. The molecule has 0 N–H and O–H groups in total. The standard InChI is InChI=1S/C16H30.C16H32/c1-13(2,3)15-7-10-16(11-8-15,12-9-15)14(4,5)6;1-13(2,3)15(7)9-11-16(8,12-10-15)14(4,5)6/h7-12H2,1-6H3;9-12H2,1-8H3. The predicted molar refractivity (Wildman–Crippen MR) is 145 cm³/mol. The maximum atomic E-state index is 2.50. The van der Waals surface area contributed by atoms with E-state index in [1.54, 1.807) is 0 Å². The van der Waals surface area contributed by atoms with Crippen molar-refractivity contribution in [2.75, 3.05) is 0 Å². The fourth-order valence-electron chi connectivity index (χ4n) is 7.29. The molecule has 0 unspecified atom stereocenters. The second kappa shape index (κ2) is 8.29. The van der Waals surface area contributed by atoms with Crippen LogP contribution in [0.3, 0.4) is 0 Å². The Kier molecular flexibility index (Phi) is 7.32. The predicted octanol–water partition coefficient (Wildman–Crippen LogP) is 11.1. The zero-order chi connectivity index (χ0) is 25.1. The lowest BCUT2D eigenvalue weighted by Gasteiger charge is -2.62. The Morgan fingerprint density at radius 1 is 0.312 bits per heavy atom. The molecule has 0 atom stereocenters.